The van der Waals surface area contributed by atoms with Crippen molar-refractivity contribution in [1.29, 1.82) is 0 Å². The number of carbonyl (C=O) groups is 1. The van der Waals surface area contributed by atoms with Crippen molar-refractivity contribution in [3.8, 4) is 0 Å². The molecule has 3 rings (SSSR count). The minimum absolute atomic E-state index is 0.104. The van der Waals surface area contributed by atoms with E-state index in [1.165, 1.54) is 24.1 Å². The molecule has 1 saturated heterocycles. The highest BCUT2D eigenvalue weighted by Crippen LogP contribution is 2.30. The van der Waals surface area contributed by atoms with Crippen molar-refractivity contribution in [2.45, 2.75) is 45.6 Å². The molecular formula is C18H26N2O. The molecule has 1 amide bonds. The maximum absolute atomic E-state index is 11.8. The molecule has 2 aliphatic rings. The number of piperidine rings is 1. The fraction of sp³-hybridized carbons (Fsp3) is 0.611. The number of nitrogens with zero attached hydrogens (tertiary/aromatic N) is 1. The van der Waals surface area contributed by atoms with E-state index >= 15 is 0 Å². The molecule has 3 heteroatoms. The Bertz CT molecular complexity index is 492. The van der Waals surface area contributed by atoms with E-state index in [0.29, 0.717) is 0 Å². The molecule has 1 aromatic rings. The van der Waals surface area contributed by atoms with Gasteiger partial charge in [-0.15, -0.1) is 0 Å². The molecule has 1 aliphatic heterocycles. The van der Waals surface area contributed by atoms with Crippen LogP contribution in [0, 0.1) is 11.8 Å². The summed E-state index contributed by atoms with van der Waals surface area (Å²) in [6.45, 7) is 6.72. The number of anilines is 1. The van der Waals surface area contributed by atoms with E-state index < -0.39 is 0 Å². The van der Waals surface area contributed by atoms with E-state index in [4.69, 9.17) is 0 Å². The lowest BCUT2D eigenvalue weighted by atomic mass is 9.99. The third-order valence-corrected chi connectivity index (χ3v) is 4.72. The van der Waals surface area contributed by atoms with Crippen molar-refractivity contribution in [2.24, 2.45) is 11.8 Å². The Kier molecular flexibility index (Phi) is 4.18. The molecule has 0 aromatic heterocycles. The van der Waals surface area contributed by atoms with Gasteiger partial charge in [-0.25, -0.2) is 0 Å². The van der Waals surface area contributed by atoms with Crippen LogP contribution >= 0.6 is 0 Å². The molecule has 0 unspecified atom stereocenters. The summed E-state index contributed by atoms with van der Waals surface area (Å²) in [6, 6.07) is 8.83. The molecule has 21 heavy (non-hydrogen) atoms. The number of hydrogen-bond donors (Lipinski definition) is 1. The molecule has 3 nitrogen and oxygen atoms in total. The van der Waals surface area contributed by atoms with Gasteiger partial charge in [-0.1, -0.05) is 19.1 Å². The average molecular weight is 286 g/mol. The Morgan fingerprint density at radius 2 is 1.95 bits per heavy atom. The van der Waals surface area contributed by atoms with Crippen LogP contribution < -0.4 is 10.2 Å². The second-order valence-corrected chi connectivity index (χ2v) is 6.79. The first-order chi connectivity index (χ1) is 10.1. The van der Waals surface area contributed by atoms with Crippen LogP contribution in [0.1, 0.15) is 51.1 Å². The summed E-state index contributed by atoms with van der Waals surface area (Å²) < 4.78 is 0. The molecule has 1 aromatic carbocycles. The summed E-state index contributed by atoms with van der Waals surface area (Å²) in [4.78, 5) is 14.3. The minimum Gasteiger partial charge on any atom is -0.371 e. The molecular weight excluding hydrogens is 260 g/mol. The number of rotatable bonds is 4. The number of carbonyl (C=O) groups excluding carboxylic acids is 1. The van der Waals surface area contributed by atoms with Crippen molar-refractivity contribution < 1.29 is 4.79 Å². The lowest BCUT2D eigenvalue weighted by Crippen LogP contribution is -2.34. The van der Waals surface area contributed by atoms with E-state index in [1.54, 1.807) is 0 Å². The van der Waals surface area contributed by atoms with Gasteiger partial charge in [0.1, 0.15) is 0 Å². The fourth-order valence-corrected chi connectivity index (χ4v) is 3.16. The first-order valence-electron chi connectivity index (χ1n) is 8.29. The fourth-order valence-electron chi connectivity index (χ4n) is 3.16. The topological polar surface area (TPSA) is 32.3 Å². The molecule has 0 spiro atoms. The number of amides is 1. The maximum atomic E-state index is 11.8. The van der Waals surface area contributed by atoms with Crippen LogP contribution in [-0.2, 0) is 4.79 Å². The zero-order chi connectivity index (χ0) is 14.8. The summed E-state index contributed by atoms with van der Waals surface area (Å²) in [5.74, 6) is 1.29. The summed E-state index contributed by atoms with van der Waals surface area (Å²) in [5, 5.41) is 3.11. The Hall–Kier alpha value is -1.51. The summed E-state index contributed by atoms with van der Waals surface area (Å²) >= 11 is 0. The largest absolute Gasteiger partial charge is 0.371 e. The number of nitrogens with one attached hydrogen (secondary N) is 1. The Morgan fingerprint density at radius 1 is 1.24 bits per heavy atom. The molecule has 1 N–H and O–H groups in total. The van der Waals surface area contributed by atoms with Crippen molar-refractivity contribution in [2.75, 3.05) is 18.0 Å². The highest BCUT2D eigenvalue weighted by molar-refractivity contribution is 5.81. The molecule has 114 valence electrons. The SMILES string of the molecule is C[C@@H]1CCCN(c2ccc([C@H](C)NC(=O)C3CC3)cc2)C1. The standard InChI is InChI=1S/C18H26N2O/c1-13-4-3-11-20(12-13)17-9-7-15(8-10-17)14(2)19-18(21)16-5-6-16/h7-10,13-14,16H,3-6,11-12H2,1-2H3,(H,19,21)/t13-,14+/m1/s1. The van der Waals surface area contributed by atoms with E-state index in [-0.39, 0.29) is 17.9 Å². The quantitative estimate of drug-likeness (QED) is 0.918. The van der Waals surface area contributed by atoms with Crippen LogP contribution in [0.5, 0.6) is 0 Å². The van der Waals surface area contributed by atoms with Crippen LogP contribution in [0.3, 0.4) is 0 Å². The summed E-state index contributed by atoms with van der Waals surface area (Å²) in [7, 11) is 0. The lowest BCUT2D eigenvalue weighted by molar-refractivity contribution is -0.122. The van der Waals surface area contributed by atoms with Gasteiger partial charge < -0.3 is 10.2 Å². The predicted octanol–water partition coefficient (Wildman–Crippen LogP) is 3.51. The van der Waals surface area contributed by atoms with Gasteiger partial charge in [-0.2, -0.15) is 0 Å². The van der Waals surface area contributed by atoms with Crippen molar-refractivity contribution in [3.63, 3.8) is 0 Å². The van der Waals surface area contributed by atoms with Crippen LogP contribution in [0.25, 0.3) is 0 Å². The predicted molar refractivity (Wildman–Crippen MR) is 86.3 cm³/mol. The second kappa shape index (κ2) is 6.08. The first-order valence-corrected chi connectivity index (χ1v) is 8.29. The van der Waals surface area contributed by atoms with Crippen LogP contribution in [0.4, 0.5) is 5.69 Å². The zero-order valence-electron chi connectivity index (χ0n) is 13.1. The van der Waals surface area contributed by atoms with Crippen LogP contribution in [-0.4, -0.2) is 19.0 Å². The van der Waals surface area contributed by atoms with E-state index in [1.807, 2.05) is 0 Å². The zero-order valence-corrected chi connectivity index (χ0v) is 13.1. The van der Waals surface area contributed by atoms with Gasteiger partial charge in [0.15, 0.2) is 0 Å². The summed E-state index contributed by atoms with van der Waals surface area (Å²) in [6.07, 6.45) is 4.75. The smallest absolute Gasteiger partial charge is 0.223 e. The van der Waals surface area contributed by atoms with E-state index in [0.717, 1.165) is 31.8 Å². The lowest BCUT2D eigenvalue weighted by Gasteiger charge is -2.33. The van der Waals surface area contributed by atoms with Gasteiger partial charge in [-0.05, 0) is 56.2 Å². The van der Waals surface area contributed by atoms with Crippen molar-refractivity contribution >= 4 is 11.6 Å². The molecule has 1 aliphatic carbocycles. The van der Waals surface area contributed by atoms with Gasteiger partial charge >= 0.3 is 0 Å². The molecule has 0 radical (unpaired) electrons. The van der Waals surface area contributed by atoms with Gasteiger partial charge in [0.25, 0.3) is 0 Å². The van der Waals surface area contributed by atoms with Gasteiger partial charge in [0.2, 0.25) is 5.91 Å². The minimum atomic E-state index is 0.104. The van der Waals surface area contributed by atoms with Gasteiger partial charge in [-0.3, -0.25) is 4.79 Å². The third-order valence-electron chi connectivity index (χ3n) is 4.72. The number of benzene rings is 1. The van der Waals surface area contributed by atoms with Crippen LogP contribution in [0.15, 0.2) is 24.3 Å². The normalized spacial score (nSPS) is 23.7. The Morgan fingerprint density at radius 3 is 2.57 bits per heavy atom. The third kappa shape index (κ3) is 3.58. The van der Waals surface area contributed by atoms with Gasteiger partial charge in [0.05, 0.1) is 6.04 Å². The monoisotopic (exact) mass is 286 g/mol. The first kappa shape index (κ1) is 14.4. The summed E-state index contributed by atoms with van der Waals surface area (Å²) in [5.41, 5.74) is 2.50. The Balaban J connectivity index is 1.61. The van der Waals surface area contributed by atoms with E-state index in [9.17, 15) is 4.79 Å². The molecule has 2 atom stereocenters. The highest BCUT2D eigenvalue weighted by atomic mass is 16.2. The van der Waals surface area contributed by atoms with E-state index in [2.05, 4.69) is 48.3 Å². The second-order valence-electron chi connectivity index (χ2n) is 6.79. The van der Waals surface area contributed by atoms with Crippen molar-refractivity contribution in [1.82, 2.24) is 5.32 Å². The molecule has 0 bridgehead atoms. The van der Waals surface area contributed by atoms with Crippen molar-refractivity contribution in [3.05, 3.63) is 29.8 Å². The average Bonchev–Trinajstić information content (AvgIpc) is 3.32. The number of hydrogen-bond acceptors (Lipinski definition) is 2. The van der Waals surface area contributed by atoms with Crippen LogP contribution in [0.2, 0.25) is 0 Å². The van der Waals surface area contributed by atoms with Gasteiger partial charge in [0, 0.05) is 24.7 Å². The highest BCUT2D eigenvalue weighted by Gasteiger charge is 2.30. The molecule has 2 fully saturated rings. The Labute approximate surface area is 127 Å². The maximum Gasteiger partial charge on any atom is 0.223 e. The molecule has 1 heterocycles. The molecule has 1 saturated carbocycles.